The number of hydrogen-bond acceptors (Lipinski definition) is 3. The first-order valence-electron chi connectivity index (χ1n) is 6.24. The molecule has 0 bridgehead atoms. The van der Waals surface area contributed by atoms with Gasteiger partial charge in [0.1, 0.15) is 12.4 Å². The number of nitrogens with zero attached hydrogens (tertiary/aromatic N) is 1. The molecule has 0 fully saturated rings. The summed E-state index contributed by atoms with van der Waals surface area (Å²) < 4.78 is 5.77. The van der Waals surface area contributed by atoms with Crippen molar-refractivity contribution in [3.05, 3.63) is 65.3 Å². The Morgan fingerprint density at radius 2 is 1.95 bits per heavy atom. The summed E-state index contributed by atoms with van der Waals surface area (Å²) in [5.74, 6) is 0.596. The number of nitrogen functional groups attached to an aromatic ring is 1. The minimum atomic E-state index is 0.424. The minimum Gasteiger partial charge on any atom is -0.487 e. The number of aromatic nitrogens is 1. The molecule has 0 radical (unpaired) electrons. The molecule has 0 spiro atoms. The highest BCUT2D eigenvalue weighted by molar-refractivity contribution is 6.30. The van der Waals surface area contributed by atoms with E-state index in [-0.39, 0.29) is 0 Å². The van der Waals surface area contributed by atoms with Gasteiger partial charge in [-0.05, 0) is 24.3 Å². The Morgan fingerprint density at radius 3 is 2.85 bits per heavy atom. The Labute approximate surface area is 122 Å². The van der Waals surface area contributed by atoms with Gasteiger partial charge in [0.25, 0.3) is 0 Å². The number of rotatable bonds is 3. The largest absolute Gasteiger partial charge is 0.487 e. The Bertz CT molecular complexity index is 753. The third-order valence-electron chi connectivity index (χ3n) is 3.10. The third kappa shape index (κ3) is 2.53. The van der Waals surface area contributed by atoms with Crippen LogP contribution >= 0.6 is 11.6 Å². The van der Waals surface area contributed by atoms with Gasteiger partial charge in [0.05, 0.1) is 11.2 Å². The molecule has 0 unspecified atom stereocenters. The number of nitrogens with two attached hydrogens (primary N) is 1. The molecule has 1 aromatic heterocycles. The van der Waals surface area contributed by atoms with Crippen LogP contribution in [0.5, 0.6) is 5.75 Å². The summed E-state index contributed by atoms with van der Waals surface area (Å²) in [6, 6.07) is 15.1. The third-order valence-corrected chi connectivity index (χ3v) is 3.33. The van der Waals surface area contributed by atoms with Crippen molar-refractivity contribution in [1.82, 2.24) is 4.98 Å². The topological polar surface area (TPSA) is 48.1 Å². The number of ether oxygens (including phenoxy) is 1. The fraction of sp³-hybridized carbons (Fsp3) is 0.0625. The normalized spacial score (nSPS) is 10.7. The van der Waals surface area contributed by atoms with Crippen molar-refractivity contribution in [1.29, 1.82) is 0 Å². The predicted molar refractivity (Wildman–Crippen MR) is 81.9 cm³/mol. The predicted octanol–water partition coefficient (Wildman–Crippen LogP) is 4.05. The summed E-state index contributed by atoms with van der Waals surface area (Å²) in [5.41, 5.74) is 8.46. The van der Waals surface area contributed by atoms with Crippen molar-refractivity contribution in [3.63, 3.8) is 0 Å². The lowest BCUT2D eigenvalue weighted by Crippen LogP contribution is -1.99. The monoisotopic (exact) mass is 284 g/mol. The maximum absolute atomic E-state index is 5.95. The van der Waals surface area contributed by atoms with Gasteiger partial charge in [-0.15, -0.1) is 0 Å². The van der Waals surface area contributed by atoms with E-state index in [0.29, 0.717) is 23.1 Å². The van der Waals surface area contributed by atoms with Gasteiger partial charge in [0, 0.05) is 28.2 Å². The Kier molecular flexibility index (Phi) is 3.44. The second kappa shape index (κ2) is 5.39. The summed E-state index contributed by atoms with van der Waals surface area (Å²) in [6.45, 7) is 0.424. The average molecular weight is 285 g/mol. The van der Waals surface area contributed by atoms with Gasteiger partial charge in [-0.2, -0.15) is 0 Å². The van der Waals surface area contributed by atoms with Gasteiger partial charge in [0.2, 0.25) is 0 Å². The molecule has 20 heavy (non-hydrogen) atoms. The zero-order chi connectivity index (χ0) is 13.9. The molecule has 0 aliphatic rings. The second-order valence-corrected chi connectivity index (χ2v) is 4.89. The fourth-order valence-corrected chi connectivity index (χ4v) is 2.23. The molecule has 4 heteroatoms. The zero-order valence-electron chi connectivity index (χ0n) is 10.7. The van der Waals surface area contributed by atoms with Crippen LogP contribution in [0.2, 0.25) is 5.02 Å². The van der Waals surface area contributed by atoms with Gasteiger partial charge >= 0.3 is 0 Å². The molecule has 3 aromatic rings. The van der Waals surface area contributed by atoms with Crippen LogP contribution in [0.15, 0.2) is 54.7 Å². The molecular weight excluding hydrogens is 272 g/mol. The van der Waals surface area contributed by atoms with Crippen LogP contribution < -0.4 is 10.5 Å². The molecule has 0 saturated carbocycles. The van der Waals surface area contributed by atoms with E-state index in [1.807, 2.05) is 30.3 Å². The summed E-state index contributed by atoms with van der Waals surface area (Å²) in [5, 5.41) is 1.68. The van der Waals surface area contributed by atoms with E-state index in [4.69, 9.17) is 22.1 Å². The van der Waals surface area contributed by atoms with Crippen molar-refractivity contribution >= 4 is 28.2 Å². The summed E-state index contributed by atoms with van der Waals surface area (Å²) >= 11 is 5.95. The van der Waals surface area contributed by atoms with Crippen molar-refractivity contribution in [3.8, 4) is 5.75 Å². The number of anilines is 1. The molecule has 1 heterocycles. The van der Waals surface area contributed by atoms with Crippen LogP contribution in [0.25, 0.3) is 10.9 Å². The highest BCUT2D eigenvalue weighted by Crippen LogP contribution is 2.27. The van der Waals surface area contributed by atoms with Crippen LogP contribution in [-0.2, 0) is 6.61 Å². The molecular formula is C16H13ClN2O. The average Bonchev–Trinajstić information content (AvgIpc) is 2.48. The Balaban J connectivity index is 1.89. The quantitative estimate of drug-likeness (QED) is 0.738. The molecule has 0 amide bonds. The molecule has 100 valence electrons. The molecule has 3 rings (SSSR count). The van der Waals surface area contributed by atoms with E-state index < -0.39 is 0 Å². The highest BCUT2D eigenvalue weighted by Gasteiger charge is 2.05. The number of pyridine rings is 1. The number of para-hydroxylation sites is 1. The Morgan fingerprint density at radius 1 is 1.10 bits per heavy atom. The van der Waals surface area contributed by atoms with E-state index in [9.17, 15) is 0 Å². The second-order valence-electron chi connectivity index (χ2n) is 4.46. The maximum atomic E-state index is 5.95. The molecule has 0 aliphatic heterocycles. The number of benzene rings is 2. The standard InChI is InChI=1S/C16H13ClN2O/c17-12-5-6-14(18)16(9-12)20-10-11-7-8-19-15-4-2-1-3-13(11)15/h1-9H,10,18H2. The number of fused-ring (bicyclic) bond motifs is 1. The first kappa shape index (κ1) is 12.8. The van der Waals surface area contributed by atoms with Gasteiger partial charge in [0.15, 0.2) is 0 Å². The first-order valence-corrected chi connectivity index (χ1v) is 6.62. The Hall–Kier alpha value is -2.26. The van der Waals surface area contributed by atoms with Crippen LogP contribution in [0.4, 0.5) is 5.69 Å². The molecule has 3 nitrogen and oxygen atoms in total. The lowest BCUT2D eigenvalue weighted by Gasteiger charge is -2.10. The van der Waals surface area contributed by atoms with Gasteiger partial charge in [-0.1, -0.05) is 29.8 Å². The maximum Gasteiger partial charge on any atom is 0.144 e. The van der Waals surface area contributed by atoms with E-state index in [0.717, 1.165) is 16.5 Å². The fourth-order valence-electron chi connectivity index (χ4n) is 2.07. The molecule has 2 aromatic carbocycles. The van der Waals surface area contributed by atoms with Crippen LogP contribution in [0, 0.1) is 0 Å². The van der Waals surface area contributed by atoms with Crippen molar-refractivity contribution in [2.75, 3.05) is 5.73 Å². The lowest BCUT2D eigenvalue weighted by molar-refractivity contribution is 0.309. The molecule has 0 aliphatic carbocycles. The van der Waals surface area contributed by atoms with Crippen molar-refractivity contribution in [2.24, 2.45) is 0 Å². The molecule has 0 atom stereocenters. The van der Waals surface area contributed by atoms with E-state index in [2.05, 4.69) is 4.98 Å². The van der Waals surface area contributed by atoms with Crippen LogP contribution in [0.3, 0.4) is 0 Å². The van der Waals surface area contributed by atoms with Crippen molar-refractivity contribution in [2.45, 2.75) is 6.61 Å². The summed E-state index contributed by atoms with van der Waals surface area (Å²) in [4.78, 5) is 4.33. The number of hydrogen-bond donors (Lipinski definition) is 1. The van der Waals surface area contributed by atoms with Gasteiger partial charge in [-0.25, -0.2) is 0 Å². The zero-order valence-corrected chi connectivity index (χ0v) is 11.5. The highest BCUT2D eigenvalue weighted by atomic mass is 35.5. The van der Waals surface area contributed by atoms with Crippen molar-refractivity contribution < 1.29 is 4.74 Å². The van der Waals surface area contributed by atoms with E-state index >= 15 is 0 Å². The number of halogens is 1. The van der Waals surface area contributed by atoms with E-state index in [1.165, 1.54) is 0 Å². The molecule has 2 N–H and O–H groups in total. The first-order chi connectivity index (χ1) is 9.74. The van der Waals surface area contributed by atoms with Gasteiger partial charge in [-0.3, -0.25) is 4.98 Å². The van der Waals surface area contributed by atoms with Gasteiger partial charge < -0.3 is 10.5 Å². The summed E-state index contributed by atoms with van der Waals surface area (Å²) in [7, 11) is 0. The summed E-state index contributed by atoms with van der Waals surface area (Å²) in [6.07, 6.45) is 1.78. The SMILES string of the molecule is Nc1ccc(Cl)cc1OCc1ccnc2ccccc12. The molecule has 0 saturated heterocycles. The minimum absolute atomic E-state index is 0.424. The van der Waals surface area contributed by atoms with E-state index in [1.54, 1.807) is 24.4 Å². The van der Waals surface area contributed by atoms with Crippen LogP contribution in [0.1, 0.15) is 5.56 Å². The smallest absolute Gasteiger partial charge is 0.144 e. The van der Waals surface area contributed by atoms with Crippen LogP contribution in [-0.4, -0.2) is 4.98 Å². The lowest BCUT2D eigenvalue weighted by atomic mass is 10.1.